The van der Waals surface area contributed by atoms with Crippen LogP contribution >= 0.6 is 0 Å². The fourth-order valence-corrected chi connectivity index (χ4v) is 5.13. The molecule has 1 aliphatic rings. The van der Waals surface area contributed by atoms with Gasteiger partial charge >= 0.3 is 0 Å². The highest BCUT2D eigenvalue weighted by Crippen LogP contribution is 2.31. The van der Waals surface area contributed by atoms with Gasteiger partial charge in [-0.25, -0.2) is 0 Å². The van der Waals surface area contributed by atoms with Crippen LogP contribution in [-0.4, -0.2) is 65.6 Å². The summed E-state index contributed by atoms with van der Waals surface area (Å²) in [4.78, 5) is 30.7. The highest BCUT2D eigenvalue weighted by molar-refractivity contribution is 6.01. The second-order valence-corrected chi connectivity index (χ2v) is 10.4. The average molecular weight is 515 g/mol. The van der Waals surface area contributed by atoms with Crippen molar-refractivity contribution in [2.75, 3.05) is 26.7 Å². The van der Waals surface area contributed by atoms with Crippen LogP contribution in [0.4, 0.5) is 0 Å². The third kappa shape index (κ3) is 5.98. The van der Waals surface area contributed by atoms with Crippen molar-refractivity contribution in [3.63, 3.8) is 0 Å². The maximum absolute atomic E-state index is 13.9. The number of benzene rings is 3. The van der Waals surface area contributed by atoms with E-state index in [1.54, 1.807) is 9.80 Å². The van der Waals surface area contributed by atoms with Crippen LogP contribution in [0.3, 0.4) is 0 Å². The number of fused-ring (bicyclic) bond motifs is 3. The Morgan fingerprint density at radius 1 is 0.974 bits per heavy atom. The molecule has 0 spiro atoms. The molecule has 3 aromatic carbocycles. The minimum absolute atomic E-state index is 0.0192. The lowest BCUT2D eigenvalue weighted by Crippen LogP contribution is -2.48. The van der Waals surface area contributed by atoms with Gasteiger partial charge in [0.1, 0.15) is 0 Å². The number of ether oxygens (including phenoxy) is 1. The van der Waals surface area contributed by atoms with Gasteiger partial charge in [-0.15, -0.1) is 0 Å². The lowest BCUT2D eigenvalue weighted by molar-refractivity contribution is -0.134. The van der Waals surface area contributed by atoms with Crippen molar-refractivity contribution in [2.45, 2.75) is 45.4 Å². The molecule has 0 saturated carbocycles. The van der Waals surface area contributed by atoms with Crippen LogP contribution in [0.15, 0.2) is 78.9 Å². The highest BCUT2D eigenvalue weighted by atomic mass is 16.5. The summed E-state index contributed by atoms with van der Waals surface area (Å²) >= 11 is 0. The van der Waals surface area contributed by atoms with Crippen molar-refractivity contribution >= 4 is 11.8 Å². The topological polar surface area (TPSA) is 70.1 Å². The van der Waals surface area contributed by atoms with Crippen LogP contribution in [0.1, 0.15) is 48.2 Å². The largest absolute Gasteiger partial charge is 0.394 e. The van der Waals surface area contributed by atoms with Gasteiger partial charge in [-0.05, 0) is 42.2 Å². The summed E-state index contributed by atoms with van der Waals surface area (Å²) in [6, 6.07) is 25.0. The molecule has 3 aromatic rings. The molecule has 6 nitrogen and oxygen atoms in total. The summed E-state index contributed by atoms with van der Waals surface area (Å²) in [6.07, 6.45) is -0.317. The molecule has 0 saturated heterocycles. The van der Waals surface area contributed by atoms with Crippen LogP contribution < -0.4 is 0 Å². The SMILES string of the molecule is C[C@H](C(=O)N(C)C[C@H]1OCc2ccccc2-c2ccccc2C(=O)N([C@@H](C)CO)C[C@@H]1C)c1ccccc1. The van der Waals surface area contributed by atoms with Crippen molar-refractivity contribution in [1.82, 2.24) is 9.80 Å². The number of likely N-dealkylation sites (N-methyl/N-ethyl adjacent to an activating group) is 1. The predicted molar refractivity (Wildman–Crippen MR) is 150 cm³/mol. The Balaban J connectivity index is 1.67. The Kier molecular flexibility index (Phi) is 8.97. The molecule has 1 heterocycles. The second-order valence-electron chi connectivity index (χ2n) is 10.4. The number of carbonyl (C=O) groups excluding carboxylic acids is 2. The summed E-state index contributed by atoms with van der Waals surface area (Å²) in [5, 5.41) is 10.0. The van der Waals surface area contributed by atoms with Crippen LogP contribution in [0.2, 0.25) is 0 Å². The maximum Gasteiger partial charge on any atom is 0.254 e. The van der Waals surface area contributed by atoms with Crippen molar-refractivity contribution in [3.8, 4) is 11.1 Å². The fraction of sp³-hybridized carbons (Fsp3) is 0.375. The number of aliphatic hydroxyl groups is 1. The number of carbonyl (C=O) groups is 2. The molecule has 0 unspecified atom stereocenters. The quantitative estimate of drug-likeness (QED) is 0.504. The molecule has 38 heavy (non-hydrogen) atoms. The molecule has 2 amide bonds. The second kappa shape index (κ2) is 12.4. The Labute approximate surface area is 225 Å². The molecule has 6 heteroatoms. The van der Waals surface area contributed by atoms with Gasteiger partial charge in [0.25, 0.3) is 5.91 Å². The minimum Gasteiger partial charge on any atom is -0.394 e. The summed E-state index contributed by atoms with van der Waals surface area (Å²) < 4.78 is 6.54. The lowest BCUT2D eigenvalue weighted by atomic mass is 9.94. The van der Waals surface area contributed by atoms with E-state index >= 15 is 0 Å². The first-order chi connectivity index (χ1) is 18.3. The van der Waals surface area contributed by atoms with Gasteiger partial charge < -0.3 is 19.6 Å². The zero-order valence-electron chi connectivity index (χ0n) is 22.7. The number of aliphatic hydroxyl groups excluding tert-OH is 1. The van der Waals surface area contributed by atoms with Gasteiger partial charge in [0, 0.05) is 31.6 Å². The van der Waals surface area contributed by atoms with Gasteiger partial charge in [0.15, 0.2) is 0 Å². The summed E-state index contributed by atoms with van der Waals surface area (Å²) in [5.74, 6) is -0.466. The smallest absolute Gasteiger partial charge is 0.254 e. The van der Waals surface area contributed by atoms with E-state index in [1.807, 2.05) is 107 Å². The van der Waals surface area contributed by atoms with Crippen molar-refractivity contribution in [2.24, 2.45) is 5.92 Å². The number of hydrogen-bond donors (Lipinski definition) is 1. The third-order valence-electron chi connectivity index (χ3n) is 7.59. The maximum atomic E-state index is 13.9. The Morgan fingerprint density at radius 2 is 1.58 bits per heavy atom. The molecule has 1 N–H and O–H groups in total. The molecular weight excluding hydrogens is 476 g/mol. The molecule has 0 radical (unpaired) electrons. The zero-order chi connectivity index (χ0) is 27.2. The molecular formula is C32H38N2O4. The van der Waals surface area contributed by atoms with E-state index in [-0.39, 0.29) is 42.4 Å². The van der Waals surface area contributed by atoms with Crippen LogP contribution in [0.25, 0.3) is 11.1 Å². The van der Waals surface area contributed by atoms with Gasteiger partial charge in [-0.2, -0.15) is 0 Å². The Bertz CT molecular complexity index is 1240. The number of hydrogen-bond acceptors (Lipinski definition) is 4. The molecule has 200 valence electrons. The predicted octanol–water partition coefficient (Wildman–Crippen LogP) is 4.97. The van der Waals surface area contributed by atoms with E-state index < -0.39 is 0 Å². The summed E-state index contributed by atoms with van der Waals surface area (Å²) in [7, 11) is 1.81. The van der Waals surface area contributed by atoms with E-state index in [0.29, 0.717) is 25.3 Å². The molecule has 4 rings (SSSR count). The first-order valence-corrected chi connectivity index (χ1v) is 13.3. The molecule has 1 aliphatic heterocycles. The fourth-order valence-electron chi connectivity index (χ4n) is 5.13. The summed E-state index contributed by atoms with van der Waals surface area (Å²) in [5.41, 5.74) is 4.36. The zero-order valence-corrected chi connectivity index (χ0v) is 22.7. The molecule has 0 bridgehead atoms. The third-order valence-corrected chi connectivity index (χ3v) is 7.59. The first kappa shape index (κ1) is 27.6. The highest BCUT2D eigenvalue weighted by Gasteiger charge is 2.32. The van der Waals surface area contributed by atoms with Gasteiger partial charge in [-0.3, -0.25) is 9.59 Å². The normalized spacial score (nSPS) is 19.5. The Morgan fingerprint density at radius 3 is 2.26 bits per heavy atom. The monoisotopic (exact) mass is 514 g/mol. The average Bonchev–Trinajstić information content (AvgIpc) is 2.97. The van der Waals surface area contributed by atoms with Crippen molar-refractivity contribution < 1.29 is 19.4 Å². The van der Waals surface area contributed by atoms with Gasteiger partial charge in [0.05, 0.1) is 31.3 Å². The van der Waals surface area contributed by atoms with E-state index in [4.69, 9.17) is 4.74 Å². The molecule has 4 atom stereocenters. The lowest BCUT2D eigenvalue weighted by Gasteiger charge is -2.35. The van der Waals surface area contributed by atoms with Crippen LogP contribution in [-0.2, 0) is 16.1 Å². The van der Waals surface area contributed by atoms with Gasteiger partial charge in [-0.1, -0.05) is 79.7 Å². The minimum atomic E-state index is -0.368. The van der Waals surface area contributed by atoms with E-state index in [9.17, 15) is 14.7 Å². The van der Waals surface area contributed by atoms with Crippen molar-refractivity contribution in [3.05, 3.63) is 95.6 Å². The molecule has 0 aliphatic carbocycles. The van der Waals surface area contributed by atoms with E-state index in [2.05, 4.69) is 0 Å². The standard InChI is InChI=1S/C32H38N2O4/c1-22-18-34(23(2)20-35)32(37)29-17-11-10-16-28(29)27-15-9-8-14-26(27)21-38-30(22)19-33(4)31(36)24(3)25-12-6-5-7-13-25/h5-17,22-24,30,35H,18-21H2,1-4H3/t22-,23-,24-,30+/m0/s1. The van der Waals surface area contributed by atoms with Crippen LogP contribution in [0.5, 0.6) is 0 Å². The van der Waals surface area contributed by atoms with Crippen LogP contribution in [0, 0.1) is 5.92 Å². The molecule has 0 aromatic heterocycles. The summed E-state index contributed by atoms with van der Waals surface area (Å²) in [6.45, 7) is 6.83. The number of nitrogens with zero attached hydrogens (tertiary/aromatic N) is 2. The molecule has 0 fully saturated rings. The van der Waals surface area contributed by atoms with Gasteiger partial charge in [0.2, 0.25) is 5.91 Å². The van der Waals surface area contributed by atoms with E-state index in [0.717, 1.165) is 22.3 Å². The number of rotatable bonds is 6. The first-order valence-electron chi connectivity index (χ1n) is 13.3. The Hall–Kier alpha value is -3.48. The van der Waals surface area contributed by atoms with E-state index in [1.165, 1.54) is 0 Å². The number of amides is 2. The van der Waals surface area contributed by atoms with Crippen molar-refractivity contribution in [1.29, 1.82) is 0 Å².